The summed E-state index contributed by atoms with van der Waals surface area (Å²) in [4.78, 5) is 24.3. The molecule has 0 radical (unpaired) electrons. The molecule has 0 aliphatic rings. The van der Waals surface area contributed by atoms with Crippen LogP contribution in [0.1, 0.15) is 23.8 Å². The van der Waals surface area contributed by atoms with Crippen molar-refractivity contribution in [2.75, 3.05) is 0 Å². The summed E-state index contributed by atoms with van der Waals surface area (Å²) in [5.74, 6) is -0.880. The van der Waals surface area contributed by atoms with Crippen LogP contribution in [0.3, 0.4) is 0 Å². The lowest BCUT2D eigenvalue weighted by Crippen LogP contribution is -2.39. The van der Waals surface area contributed by atoms with E-state index in [2.05, 4.69) is 9.69 Å². The van der Waals surface area contributed by atoms with Gasteiger partial charge in [0, 0.05) is 12.6 Å². The number of amides is 1. The van der Waals surface area contributed by atoms with Crippen molar-refractivity contribution in [3.63, 3.8) is 0 Å². The molecule has 9 heteroatoms. The van der Waals surface area contributed by atoms with Crippen molar-refractivity contribution in [3.05, 3.63) is 49.9 Å². The van der Waals surface area contributed by atoms with Gasteiger partial charge in [0.1, 0.15) is 9.36 Å². The molecule has 1 aromatic carbocycles. The molecule has 0 saturated heterocycles. The number of aromatic nitrogens is 2. The van der Waals surface area contributed by atoms with E-state index in [1.165, 1.54) is 4.57 Å². The zero-order valence-corrected chi connectivity index (χ0v) is 14.9. The first-order chi connectivity index (χ1) is 11.5. The molecule has 0 fully saturated rings. The van der Waals surface area contributed by atoms with Gasteiger partial charge in [-0.25, -0.2) is 4.79 Å². The first-order valence-electron chi connectivity index (χ1n) is 7.21. The lowest BCUT2D eigenvalue weighted by Gasteiger charge is -2.16. The van der Waals surface area contributed by atoms with Crippen LogP contribution in [0.25, 0.3) is 11.1 Å². The van der Waals surface area contributed by atoms with E-state index in [4.69, 9.17) is 27.6 Å². The number of fused-ring (bicyclic) bond motifs is 1. The third-order valence-electron chi connectivity index (χ3n) is 3.62. The van der Waals surface area contributed by atoms with Crippen molar-refractivity contribution in [3.8, 4) is 0 Å². The molecular weight excluding hydrogens is 373 g/mol. The number of halogens is 2. The maximum absolute atomic E-state index is 12.3. The van der Waals surface area contributed by atoms with Gasteiger partial charge >= 0.3 is 5.76 Å². The van der Waals surface area contributed by atoms with Gasteiger partial charge in [-0.3, -0.25) is 9.36 Å². The summed E-state index contributed by atoms with van der Waals surface area (Å²) in [6, 6.07) is 6.86. The van der Waals surface area contributed by atoms with Gasteiger partial charge in [-0.2, -0.15) is 4.37 Å². The van der Waals surface area contributed by atoms with E-state index >= 15 is 0 Å². The molecule has 0 aliphatic carbocycles. The summed E-state index contributed by atoms with van der Waals surface area (Å²) in [7, 11) is 0. The van der Waals surface area contributed by atoms with Crippen LogP contribution in [-0.2, 0) is 6.54 Å². The molecule has 0 saturated carbocycles. The normalized spacial score (nSPS) is 12.5. The highest BCUT2D eigenvalue weighted by Gasteiger charge is 2.21. The fraction of sp³-hybridized carbons (Fsp3) is 0.267. The Morgan fingerprint density at radius 2 is 2.17 bits per heavy atom. The van der Waals surface area contributed by atoms with Gasteiger partial charge in [0.25, 0.3) is 5.91 Å². The van der Waals surface area contributed by atoms with Gasteiger partial charge in [0.15, 0.2) is 11.3 Å². The quantitative estimate of drug-likeness (QED) is 0.727. The summed E-state index contributed by atoms with van der Waals surface area (Å²) < 4.78 is 10.9. The molecule has 1 amide bonds. The molecular formula is C15H13Cl2N3O3S. The predicted octanol–water partition coefficient (Wildman–Crippen LogP) is 3.57. The van der Waals surface area contributed by atoms with Gasteiger partial charge in [0.05, 0.1) is 5.52 Å². The number of nitrogens with zero attached hydrogens (tertiary/aromatic N) is 2. The third kappa shape index (κ3) is 3.19. The number of hydrogen-bond donors (Lipinski definition) is 1. The van der Waals surface area contributed by atoms with Gasteiger partial charge in [0.2, 0.25) is 0 Å². The summed E-state index contributed by atoms with van der Waals surface area (Å²) in [6.45, 7) is 2.20. The monoisotopic (exact) mass is 385 g/mol. The second-order valence-electron chi connectivity index (χ2n) is 5.14. The first-order valence-corrected chi connectivity index (χ1v) is 8.74. The molecule has 1 atom stereocenters. The van der Waals surface area contributed by atoms with Crippen LogP contribution in [0.15, 0.2) is 33.5 Å². The van der Waals surface area contributed by atoms with Crippen molar-refractivity contribution in [2.24, 2.45) is 0 Å². The molecule has 1 N–H and O–H groups in total. The number of nitrogens with one attached hydrogen (secondary N) is 1. The van der Waals surface area contributed by atoms with Gasteiger partial charge < -0.3 is 9.73 Å². The maximum Gasteiger partial charge on any atom is 0.420 e. The van der Waals surface area contributed by atoms with Crippen LogP contribution in [0.4, 0.5) is 0 Å². The Morgan fingerprint density at radius 1 is 1.42 bits per heavy atom. The molecule has 6 nitrogen and oxygen atoms in total. The van der Waals surface area contributed by atoms with E-state index in [-0.39, 0.29) is 27.6 Å². The minimum Gasteiger partial charge on any atom is -0.408 e. The predicted molar refractivity (Wildman–Crippen MR) is 94.2 cm³/mol. The Bertz CT molecular complexity index is 947. The molecule has 126 valence electrons. The summed E-state index contributed by atoms with van der Waals surface area (Å²) in [5, 5.41) is 2.97. The zero-order chi connectivity index (χ0) is 17.3. The Kier molecular flexibility index (Phi) is 4.93. The van der Waals surface area contributed by atoms with Crippen molar-refractivity contribution in [1.82, 2.24) is 14.3 Å². The van der Waals surface area contributed by atoms with Crippen LogP contribution >= 0.6 is 34.7 Å². The van der Waals surface area contributed by atoms with Crippen LogP contribution in [0.5, 0.6) is 0 Å². The van der Waals surface area contributed by atoms with Gasteiger partial charge in [-0.1, -0.05) is 42.3 Å². The molecule has 0 bridgehead atoms. The fourth-order valence-electron chi connectivity index (χ4n) is 2.34. The number of rotatable bonds is 5. The largest absolute Gasteiger partial charge is 0.420 e. The lowest BCUT2D eigenvalue weighted by molar-refractivity contribution is 0.0927. The first kappa shape index (κ1) is 17.0. The zero-order valence-electron chi connectivity index (χ0n) is 12.6. The van der Waals surface area contributed by atoms with Crippen molar-refractivity contribution >= 4 is 51.7 Å². The highest BCUT2D eigenvalue weighted by Crippen LogP contribution is 2.29. The van der Waals surface area contributed by atoms with Crippen LogP contribution in [0.2, 0.25) is 9.36 Å². The highest BCUT2D eigenvalue weighted by molar-refractivity contribution is 7.11. The SMILES string of the molecule is CC[C@H](Cn1c(=O)oc2ccccc21)NC(=O)c1nsc(Cl)c1Cl. The molecule has 0 unspecified atom stereocenters. The Labute approximate surface area is 151 Å². The van der Waals surface area contributed by atoms with Crippen molar-refractivity contribution in [1.29, 1.82) is 0 Å². The Balaban J connectivity index is 1.82. The number of carbonyl (C=O) groups excluding carboxylic acids is 1. The number of para-hydroxylation sites is 2. The van der Waals surface area contributed by atoms with E-state index < -0.39 is 11.7 Å². The van der Waals surface area contributed by atoms with Crippen molar-refractivity contribution in [2.45, 2.75) is 25.9 Å². The molecule has 3 rings (SSSR count). The van der Waals surface area contributed by atoms with Crippen LogP contribution < -0.4 is 11.1 Å². The fourth-order valence-corrected chi connectivity index (χ4v) is 3.34. The van der Waals surface area contributed by atoms with E-state index in [0.717, 1.165) is 11.5 Å². The third-order valence-corrected chi connectivity index (χ3v) is 5.23. The number of hydrogen-bond acceptors (Lipinski definition) is 5. The van der Waals surface area contributed by atoms with E-state index in [1.807, 2.05) is 13.0 Å². The molecule has 3 aromatic rings. The summed E-state index contributed by atoms with van der Waals surface area (Å²) in [5.41, 5.74) is 1.29. The van der Waals surface area contributed by atoms with Gasteiger partial charge in [-0.15, -0.1) is 0 Å². The molecule has 0 aliphatic heterocycles. The van der Waals surface area contributed by atoms with E-state index in [1.54, 1.807) is 18.2 Å². The molecule has 2 aromatic heterocycles. The summed E-state index contributed by atoms with van der Waals surface area (Å²) in [6.07, 6.45) is 0.618. The summed E-state index contributed by atoms with van der Waals surface area (Å²) >= 11 is 12.7. The van der Waals surface area contributed by atoms with Crippen LogP contribution in [-0.4, -0.2) is 20.9 Å². The van der Waals surface area contributed by atoms with Gasteiger partial charge in [-0.05, 0) is 30.1 Å². The molecule has 2 heterocycles. The second kappa shape index (κ2) is 6.96. The second-order valence-corrected chi connectivity index (χ2v) is 6.90. The smallest absolute Gasteiger partial charge is 0.408 e. The Morgan fingerprint density at radius 3 is 2.83 bits per heavy atom. The topological polar surface area (TPSA) is 77.1 Å². The number of oxazole rings is 1. The maximum atomic E-state index is 12.3. The average molecular weight is 386 g/mol. The lowest BCUT2D eigenvalue weighted by atomic mass is 10.2. The highest BCUT2D eigenvalue weighted by atomic mass is 35.5. The number of carbonyl (C=O) groups is 1. The van der Waals surface area contributed by atoms with E-state index in [9.17, 15) is 9.59 Å². The van der Waals surface area contributed by atoms with Crippen molar-refractivity contribution < 1.29 is 9.21 Å². The number of benzene rings is 1. The van der Waals surface area contributed by atoms with Crippen LogP contribution in [0, 0.1) is 0 Å². The average Bonchev–Trinajstić information content (AvgIpc) is 3.07. The van der Waals surface area contributed by atoms with E-state index in [0.29, 0.717) is 17.5 Å². The molecule has 24 heavy (non-hydrogen) atoms. The Hall–Kier alpha value is -1.83. The minimum absolute atomic E-state index is 0.0921. The molecule has 0 spiro atoms. The standard InChI is InChI=1S/C15H13Cl2N3O3S/c1-2-8(18-14(21)12-11(16)13(17)24-19-12)7-20-9-5-3-4-6-10(9)23-15(20)22/h3-6,8H,2,7H2,1H3,(H,18,21)/t8-/m1/s1. The minimum atomic E-state index is -0.460.